The molecular weight excluding hydrogens is 384 g/mol. The van der Waals surface area contributed by atoms with Crippen LogP contribution >= 0.6 is 0 Å². The van der Waals surface area contributed by atoms with Crippen molar-refractivity contribution in [3.05, 3.63) is 77.1 Å². The second kappa shape index (κ2) is 7.75. The van der Waals surface area contributed by atoms with Gasteiger partial charge in [0, 0.05) is 23.1 Å². The van der Waals surface area contributed by atoms with Gasteiger partial charge in [0.15, 0.2) is 0 Å². The zero-order chi connectivity index (χ0) is 21.3. The second-order valence-electron chi connectivity index (χ2n) is 6.84. The summed E-state index contributed by atoms with van der Waals surface area (Å²) in [5.41, 5.74) is 2.86. The Hall–Kier alpha value is -4.07. The minimum Gasteiger partial charge on any atom is -0.425 e. The monoisotopic (exact) mass is 402 g/mol. The molecule has 2 amide bonds. The van der Waals surface area contributed by atoms with Crippen LogP contribution in [0.2, 0.25) is 0 Å². The molecule has 8 heteroatoms. The number of carbonyl (C=O) groups is 3. The maximum atomic E-state index is 12.4. The fourth-order valence-corrected chi connectivity index (χ4v) is 3.22. The van der Waals surface area contributed by atoms with Crippen molar-refractivity contribution in [3.63, 3.8) is 0 Å². The predicted octanol–water partition coefficient (Wildman–Crippen LogP) is 3.04. The van der Waals surface area contributed by atoms with Gasteiger partial charge in [0.1, 0.15) is 12.3 Å². The minimum atomic E-state index is -0.718. The van der Waals surface area contributed by atoms with Gasteiger partial charge in [0.2, 0.25) is 5.95 Å². The number of fused-ring (bicyclic) bond motifs is 1. The lowest BCUT2D eigenvalue weighted by Gasteiger charge is -2.13. The number of esters is 1. The summed E-state index contributed by atoms with van der Waals surface area (Å²) in [6.45, 7) is 3.28. The number of rotatable bonds is 5. The number of carbonyl (C=O) groups excluding carboxylic acids is 3. The smallest absolute Gasteiger partial charge is 0.331 e. The molecule has 0 radical (unpaired) electrons. The molecule has 8 nitrogen and oxygen atoms in total. The van der Waals surface area contributed by atoms with Crippen LogP contribution in [0.1, 0.15) is 32.1 Å². The quantitative estimate of drug-likeness (QED) is 0.398. The number of imide groups is 1. The third-order valence-electron chi connectivity index (χ3n) is 4.47. The van der Waals surface area contributed by atoms with Gasteiger partial charge in [-0.15, -0.1) is 0 Å². The van der Waals surface area contributed by atoms with E-state index < -0.39 is 24.3 Å². The Bertz CT molecular complexity index is 1120. The first-order valence-corrected chi connectivity index (χ1v) is 9.26. The van der Waals surface area contributed by atoms with Crippen molar-refractivity contribution in [2.45, 2.75) is 13.8 Å². The summed E-state index contributed by atoms with van der Waals surface area (Å²) < 4.78 is 5.33. The Morgan fingerprint density at radius 2 is 1.57 bits per heavy atom. The molecule has 0 saturated heterocycles. The summed E-state index contributed by atoms with van der Waals surface area (Å²) in [6, 6.07) is 15.0. The lowest BCUT2D eigenvalue weighted by molar-refractivity contribution is -0.134. The Balaban J connectivity index is 1.44. The van der Waals surface area contributed by atoms with E-state index in [0.29, 0.717) is 11.6 Å². The van der Waals surface area contributed by atoms with Gasteiger partial charge >= 0.3 is 5.97 Å². The average Bonchev–Trinajstić information content (AvgIpc) is 2.93. The minimum absolute atomic E-state index is 0.269. The van der Waals surface area contributed by atoms with Crippen LogP contribution < -0.4 is 10.1 Å². The van der Waals surface area contributed by atoms with Crippen LogP contribution in [0.3, 0.4) is 0 Å². The largest absolute Gasteiger partial charge is 0.425 e. The van der Waals surface area contributed by atoms with E-state index >= 15 is 0 Å². The van der Waals surface area contributed by atoms with Crippen LogP contribution in [0.5, 0.6) is 5.75 Å². The van der Waals surface area contributed by atoms with Crippen molar-refractivity contribution in [3.8, 4) is 5.75 Å². The first kappa shape index (κ1) is 19.3. The normalized spacial score (nSPS) is 12.7. The van der Waals surface area contributed by atoms with Crippen molar-refractivity contribution in [2.24, 2.45) is 0 Å². The summed E-state index contributed by atoms with van der Waals surface area (Å²) in [4.78, 5) is 46.6. The molecule has 0 aliphatic carbocycles. The molecular formula is C22H18N4O4. The molecule has 0 bridgehead atoms. The molecule has 0 fully saturated rings. The van der Waals surface area contributed by atoms with E-state index in [1.54, 1.807) is 48.5 Å². The molecule has 30 heavy (non-hydrogen) atoms. The molecule has 0 unspecified atom stereocenters. The Morgan fingerprint density at radius 3 is 2.20 bits per heavy atom. The number of nitrogens with zero attached hydrogens (tertiary/aromatic N) is 3. The van der Waals surface area contributed by atoms with Crippen molar-refractivity contribution in [1.82, 2.24) is 14.9 Å². The number of amides is 2. The molecule has 1 aliphatic rings. The molecule has 1 aromatic heterocycles. The first-order chi connectivity index (χ1) is 14.4. The van der Waals surface area contributed by atoms with E-state index in [1.807, 2.05) is 19.9 Å². The highest BCUT2D eigenvalue weighted by atomic mass is 16.5. The summed E-state index contributed by atoms with van der Waals surface area (Å²) in [6.07, 6.45) is 0. The number of hydrogen-bond donors (Lipinski definition) is 1. The van der Waals surface area contributed by atoms with Crippen LogP contribution in [0.4, 0.5) is 11.6 Å². The molecule has 1 N–H and O–H groups in total. The average molecular weight is 402 g/mol. The third-order valence-corrected chi connectivity index (χ3v) is 4.47. The van der Waals surface area contributed by atoms with Crippen LogP contribution in [-0.4, -0.2) is 39.2 Å². The van der Waals surface area contributed by atoms with Crippen LogP contribution in [0.15, 0.2) is 54.6 Å². The van der Waals surface area contributed by atoms with Gasteiger partial charge in [0.05, 0.1) is 11.1 Å². The van der Waals surface area contributed by atoms with E-state index in [2.05, 4.69) is 15.3 Å². The predicted molar refractivity (Wildman–Crippen MR) is 109 cm³/mol. The molecule has 150 valence electrons. The number of aryl methyl sites for hydroxylation is 2. The molecule has 0 spiro atoms. The summed E-state index contributed by atoms with van der Waals surface area (Å²) in [5, 5.41) is 3.07. The van der Waals surface area contributed by atoms with E-state index in [4.69, 9.17) is 4.74 Å². The molecule has 2 heterocycles. The number of nitrogens with one attached hydrogen (secondary N) is 1. The van der Waals surface area contributed by atoms with Crippen molar-refractivity contribution in [2.75, 3.05) is 11.9 Å². The summed E-state index contributed by atoms with van der Waals surface area (Å²) in [5.74, 6) is -1.03. The lowest BCUT2D eigenvalue weighted by atomic mass is 10.1. The van der Waals surface area contributed by atoms with Gasteiger partial charge in [0.25, 0.3) is 11.8 Å². The fraction of sp³-hybridized carbons (Fsp3) is 0.136. The zero-order valence-electron chi connectivity index (χ0n) is 16.4. The molecule has 2 aromatic carbocycles. The summed E-state index contributed by atoms with van der Waals surface area (Å²) >= 11 is 0. The highest BCUT2D eigenvalue weighted by molar-refractivity contribution is 6.22. The Labute approximate surface area is 172 Å². The number of hydrogen-bond acceptors (Lipinski definition) is 7. The van der Waals surface area contributed by atoms with Crippen molar-refractivity contribution in [1.29, 1.82) is 0 Å². The van der Waals surface area contributed by atoms with Gasteiger partial charge in [-0.1, -0.05) is 18.2 Å². The van der Waals surface area contributed by atoms with Gasteiger partial charge in [-0.2, -0.15) is 0 Å². The van der Waals surface area contributed by atoms with Gasteiger partial charge < -0.3 is 10.1 Å². The second-order valence-corrected chi connectivity index (χ2v) is 6.84. The standard InChI is InChI=1S/C22H18N4O4/c1-13-10-14(2)24-22(23-13)25-15-6-5-7-16(11-15)30-19(27)12-26-20(28)17-8-3-4-9-18(17)21(26)29/h3-11H,12H2,1-2H3,(H,23,24,25). The lowest BCUT2D eigenvalue weighted by Crippen LogP contribution is -2.36. The van der Waals surface area contributed by atoms with Crippen molar-refractivity contribution >= 4 is 29.4 Å². The van der Waals surface area contributed by atoms with Crippen molar-refractivity contribution < 1.29 is 19.1 Å². The number of aromatic nitrogens is 2. The van der Waals surface area contributed by atoms with E-state index in [-0.39, 0.29) is 16.9 Å². The number of benzene rings is 2. The molecule has 0 atom stereocenters. The highest BCUT2D eigenvalue weighted by Gasteiger charge is 2.36. The van der Waals surface area contributed by atoms with E-state index in [1.165, 1.54) is 0 Å². The first-order valence-electron chi connectivity index (χ1n) is 9.26. The van der Waals surface area contributed by atoms with Crippen LogP contribution in [0.25, 0.3) is 0 Å². The fourth-order valence-electron chi connectivity index (χ4n) is 3.22. The number of anilines is 2. The van der Waals surface area contributed by atoms with E-state index in [9.17, 15) is 14.4 Å². The topological polar surface area (TPSA) is 101 Å². The van der Waals surface area contributed by atoms with Gasteiger partial charge in [-0.25, -0.2) is 14.8 Å². The maximum absolute atomic E-state index is 12.4. The third kappa shape index (κ3) is 3.88. The summed E-state index contributed by atoms with van der Waals surface area (Å²) in [7, 11) is 0. The molecule has 3 aromatic rings. The molecule has 0 saturated carbocycles. The Morgan fingerprint density at radius 1 is 0.933 bits per heavy atom. The zero-order valence-corrected chi connectivity index (χ0v) is 16.4. The SMILES string of the molecule is Cc1cc(C)nc(Nc2cccc(OC(=O)CN3C(=O)c4ccccc4C3=O)c2)n1. The molecule has 1 aliphatic heterocycles. The Kier molecular flexibility index (Phi) is 4.97. The van der Waals surface area contributed by atoms with E-state index in [0.717, 1.165) is 16.3 Å². The van der Waals surface area contributed by atoms with Gasteiger partial charge in [-0.05, 0) is 44.2 Å². The molecule has 4 rings (SSSR count). The van der Waals surface area contributed by atoms with Crippen LogP contribution in [0, 0.1) is 13.8 Å². The van der Waals surface area contributed by atoms with Crippen LogP contribution in [-0.2, 0) is 4.79 Å². The van der Waals surface area contributed by atoms with Gasteiger partial charge in [-0.3, -0.25) is 14.5 Å². The maximum Gasteiger partial charge on any atom is 0.331 e. The number of ether oxygens (including phenoxy) is 1. The highest BCUT2D eigenvalue weighted by Crippen LogP contribution is 2.23.